The maximum absolute atomic E-state index is 4.88. The summed E-state index contributed by atoms with van der Waals surface area (Å²) in [6.07, 6.45) is 5.32. The van der Waals surface area contributed by atoms with Crippen molar-refractivity contribution >= 4 is 17.0 Å². The minimum Gasteiger partial charge on any atom is -0.342 e. The number of rotatable bonds is 1. The van der Waals surface area contributed by atoms with Crippen molar-refractivity contribution in [2.24, 2.45) is 12.5 Å². The van der Waals surface area contributed by atoms with E-state index in [1.165, 1.54) is 44.3 Å². The minimum absolute atomic E-state index is 0.467. The summed E-state index contributed by atoms with van der Waals surface area (Å²) in [5, 5.41) is 3.60. The summed E-state index contributed by atoms with van der Waals surface area (Å²) < 4.78 is 2.25. The molecule has 4 nitrogen and oxygen atoms in total. The molecule has 112 valence electrons. The highest BCUT2D eigenvalue weighted by Gasteiger charge is 2.37. The van der Waals surface area contributed by atoms with Gasteiger partial charge in [0.25, 0.3) is 0 Å². The molecule has 1 aromatic heterocycles. The zero-order valence-corrected chi connectivity index (χ0v) is 12.8. The number of nitrogens with zero attached hydrogens (tertiary/aromatic N) is 3. The van der Waals surface area contributed by atoms with Gasteiger partial charge in [0.2, 0.25) is 5.95 Å². The van der Waals surface area contributed by atoms with Gasteiger partial charge in [-0.3, -0.25) is 0 Å². The molecule has 2 aromatic rings. The van der Waals surface area contributed by atoms with Crippen LogP contribution in [0.2, 0.25) is 0 Å². The number of nitrogens with one attached hydrogen (secondary N) is 1. The van der Waals surface area contributed by atoms with E-state index in [-0.39, 0.29) is 0 Å². The fourth-order valence-electron chi connectivity index (χ4n) is 4.17. The third kappa shape index (κ3) is 2.22. The van der Waals surface area contributed by atoms with Crippen LogP contribution in [0.25, 0.3) is 11.0 Å². The lowest BCUT2D eigenvalue weighted by Crippen LogP contribution is -2.51. The summed E-state index contributed by atoms with van der Waals surface area (Å²) in [6, 6.07) is 8.44. The maximum Gasteiger partial charge on any atom is 0.206 e. The van der Waals surface area contributed by atoms with Gasteiger partial charge < -0.3 is 14.8 Å². The van der Waals surface area contributed by atoms with E-state index < -0.39 is 0 Å². The Kier molecular flexibility index (Phi) is 3.14. The Morgan fingerprint density at radius 3 is 2.86 bits per heavy atom. The number of para-hydroxylation sites is 2. The van der Waals surface area contributed by atoms with Gasteiger partial charge in [-0.15, -0.1) is 0 Å². The van der Waals surface area contributed by atoms with Gasteiger partial charge in [-0.05, 0) is 44.4 Å². The number of benzene rings is 1. The Labute approximate surface area is 126 Å². The molecule has 1 unspecified atom stereocenters. The van der Waals surface area contributed by atoms with Crippen LogP contribution in [-0.4, -0.2) is 35.7 Å². The lowest BCUT2D eigenvalue weighted by Gasteiger charge is -2.45. The highest BCUT2D eigenvalue weighted by molar-refractivity contribution is 5.78. The van der Waals surface area contributed by atoms with Crippen LogP contribution in [0.3, 0.4) is 0 Å². The Bertz CT molecular complexity index is 634. The molecule has 1 N–H and O–H groups in total. The van der Waals surface area contributed by atoms with Crippen LogP contribution in [0.5, 0.6) is 0 Å². The number of fused-ring (bicyclic) bond motifs is 1. The van der Waals surface area contributed by atoms with E-state index in [2.05, 4.69) is 46.1 Å². The van der Waals surface area contributed by atoms with E-state index in [0.29, 0.717) is 5.41 Å². The largest absolute Gasteiger partial charge is 0.342 e. The molecule has 0 bridgehead atoms. The van der Waals surface area contributed by atoms with Crippen LogP contribution >= 0.6 is 0 Å². The molecule has 4 heteroatoms. The van der Waals surface area contributed by atoms with Crippen molar-refractivity contribution in [1.82, 2.24) is 14.9 Å². The number of hydrogen-bond donors (Lipinski definition) is 1. The van der Waals surface area contributed by atoms with Gasteiger partial charge in [0, 0.05) is 32.1 Å². The first kappa shape index (κ1) is 13.1. The van der Waals surface area contributed by atoms with Gasteiger partial charge in [0.1, 0.15) is 0 Å². The van der Waals surface area contributed by atoms with Crippen molar-refractivity contribution in [2.75, 3.05) is 31.1 Å². The number of imidazole rings is 1. The summed E-state index contributed by atoms with van der Waals surface area (Å²) >= 11 is 0. The molecule has 2 aliphatic heterocycles. The standard InChI is InChI=1S/C17H24N4/c1-20-15-7-3-2-6-14(15)19-16(20)21-11-5-9-17(13-21)8-4-10-18-12-17/h2-3,6-7,18H,4-5,8-13H2,1H3. The minimum atomic E-state index is 0.467. The van der Waals surface area contributed by atoms with E-state index in [0.717, 1.165) is 24.6 Å². The monoisotopic (exact) mass is 284 g/mol. The number of anilines is 1. The number of aromatic nitrogens is 2. The van der Waals surface area contributed by atoms with Gasteiger partial charge in [-0.1, -0.05) is 12.1 Å². The molecule has 1 spiro atoms. The number of aryl methyl sites for hydroxylation is 1. The molecule has 2 aliphatic rings. The molecule has 0 aliphatic carbocycles. The van der Waals surface area contributed by atoms with Crippen LogP contribution in [0.4, 0.5) is 5.95 Å². The average Bonchev–Trinajstić information content (AvgIpc) is 2.86. The van der Waals surface area contributed by atoms with Gasteiger partial charge in [-0.2, -0.15) is 0 Å². The first-order valence-electron chi connectivity index (χ1n) is 8.15. The fraction of sp³-hybridized carbons (Fsp3) is 0.588. The van der Waals surface area contributed by atoms with Crippen molar-refractivity contribution in [2.45, 2.75) is 25.7 Å². The fourth-order valence-corrected chi connectivity index (χ4v) is 4.17. The Balaban J connectivity index is 1.66. The normalized spacial score (nSPS) is 26.6. The topological polar surface area (TPSA) is 33.1 Å². The molecule has 0 radical (unpaired) electrons. The second-order valence-corrected chi connectivity index (χ2v) is 6.76. The van der Waals surface area contributed by atoms with E-state index in [1.54, 1.807) is 0 Å². The van der Waals surface area contributed by atoms with E-state index in [1.807, 2.05) is 0 Å². The molecular weight excluding hydrogens is 260 g/mol. The van der Waals surface area contributed by atoms with Crippen molar-refractivity contribution < 1.29 is 0 Å². The van der Waals surface area contributed by atoms with Crippen LogP contribution in [0, 0.1) is 5.41 Å². The predicted molar refractivity (Wildman–Crippen MR) is 86.7 cm³/mol. The summed E-state index contributed by atoms with van der Waals surface area (Å²) in [4.78, 5) is 7.39. The van der Waals surface area contributed by atoms with E-state index in [9.17, 15) is 0 Å². The molecule has 21 heavy (non-hydrogen) atoms. The highest BCUT2D eigenvalue weighted by atomic mass is 15.3. The summed E-state index contributed by atoms with van der Waals surface area (Å²) in [5.41, 5.74) is 2.81. The van der Waals surface area contributed by atoms with Crippen LogP contribution in [0.15, 0.2) is 24.3 Å². The lowest BCUT2D eigenvalue weighted by atomic mass is 9.74. The third-order valence-electron chi connectivity index (χ3n) is 5.27. The SMILES string of the molecule is Cn1c(N2CCCC3(CCCNC3)C2)nc2ccccc21. The molecular formula is C17H24N4. The summed E-state index contributed by atoms with van der Waals surface area (Å²) in [6.45, 7) is 4.65. The molecule has 1 atom stereocenters. The second kappa shape index (κ2) is 5.02. The molecule has 4 rings (SSSR count). The molecule has 0 saturated carbocycles. The molecule has 3 heterocycles. The lowest BCUT2D eigenvalue weighted by molar-refractivity contribution is 0.172. The second-order valence-electron chi connectivity index (χ2n) is 6.76. The summed E-state index contributed by atoms with van der Waals surface area (Å²) in [7, 11) is 2.14. The smallest absolute Gasteiger partial charge is 0.206 e. The zero-order valence-electron chi connectivity index (χ0n) is 12.8. The van der Waals surface area contributed by atoms with E-state index in [4.69, 9.17) is 4.98 Å². The van der Waals surface area contributed by atoms with E-state index >= 15 is 0 Å². The van der Waals surface area contributed by atoms with Crippen LogP contribution < -0.4 is 10.2 Å². The highest BCUT2D eigenvalue weighted by Crippen LogP contribution is 2.37. The first-order valence-corrected chi connectivity index (χ1v) is 8.15. The Morgan fingerprint density at radius 1 is 1.19 bits per heavy atom. The average molecular weight is 284 g/mol. The molecule has 2 fully saturated rings. The molecule has 2 saturated heterocycles. The predicted octanol–water partition coefficient (Wildman–Crippen LogP) is 2.54. The van der Waals surface area contributed by atoms with Crippen molar-refractivity contribution in [3.63, 3.8) is 0 Å². The molecule has 0 amide bonds. The third-order valence-corrected chi connectivity index (χ3v) is 5.27. The number of hydrogen-bond acceptors (Lipinski definition) is 3. The molecule has 1 aromatic carbocycles. The van der Waals surface area contributed by atoms with Crippen molar-refractivity contribution in [3.8, 4) is 0 Å². The van der Waals surface area contributed by atoms with Crippen molar-refractivity contribution in [3.05, 3.63) is 24.3 Å². The van der Waals surface area contributed by atoms with Gasteiger partial charge in [-0.25, -0.2) is 4.98 Å². The summed E-state index contributed by atoms with van der Waals surface area (Å²) in [5.74, 6) is 1.14. The van der Waals surface area contributed by atoms with Gasteiger partial charge in [0.15, 0.2) is 0 Å². The van der Waals surface area contributed by atoms with Crippen molar-refractivity contribution in [1.29, 1.82) is 0 Å². The quantitative estimate of drug-likeness (QED) is 0.873. The Hall–Kier alpha value is -1.55. The zero-order chi connectivity index (χ0) is 14.3. The number of piperidine rings is 2. The maximum atomic E-state index is 4.88. The van der Waals surface area contributed by atoms with Gasteiger partial charge in [0.05, 0.1) is 11.0 Å². The first-order chi connectivity index (χ1) is 10.3. The van der Waals surface area contributed by atoms with Crippen LogP contribution in [0.1, 0.15) is 25.7 Å². The Morgan fingerprint density at radius 2 is 2.05 bits per heavy atom. The van der Waals surface area contributed by atoms with Gasteiger partial charge >= 0.3 is 0 Å². The van der Waals surface area contributed by atoms with Crippen LogP contribution in [-0.2, 0) is 7.05 Å².